The minimum Gasteiger partial charge on any atom is -0.493 e. The lowest BCUT2D eigenvalue weighted by molar-refractivity contribution is 0.304. The largest absolute Gasteiger partial charge is 0.493 e. The molecule has 1 aromatic carbocycles. The Morgan fingerprint density at radius 1 is 1.32 bits per heavy atom. The smallest absolute Gasteiger partial charge is 0.203 e. The van der Waals surface area contributed by atoms with E-state index < -0.39 is 0 Å². The van der Waals surface area contributed by atoms with Gasteiger partial charge >= 0.3 is 0 Å². The maximum atomic E-state index is 5.86. The van der Waals surface area contributed by atoms with Crippen molar-refractivity contribution in [3.05, 3.63) is 40.4 Å². The van der Waals surface area contributed by atoms with Crippen molar-refractivity contribution in [2.24, 2.45) is 5.10 Å². The normalized spacial score (nSPS) is 11.0. The molecule has 1 N–H and O–H groups in total. The van der Waals surface area contributed by atoms with Gasteiger partial charge in [0.15, 0.2) is 0 Å². The molecular formula is C17H23N3OS. The van der Waals surface area contributed by atoms with E-state index >= 15 is 0 Å². The van der Waals surface area contributed by atoms with Crippen LogP contribution in [-0.2, 0) is 0 Å². The SMILES string of the molecule is CCCCCOc1cc(C=NNc2nc(C)cs2)ccc1C. The summed E-state index contributed by atoms with van der Waals surface area (Å²) in [6, 6.07) is 6.12. The number of benzene rings is 1. The highest BCUT2D eigenvalue weighted by Gasteiger charge is 2.01. The molecule has 0 aliphatic carbocycles. The fourth-order valence-corrected chi connectivity index (χ4v) is 2.59. The third-order valence-electron chi connectivity index (χ3n) is 3.21. The van der Waals surface area contributed by atoms with Crippen molar-refractivity contribution in [1.82, 2.24) is 4.98 Å². The van der Waals surface area contributed by atoms with Gasteiger partial charge in [-0.05, 0) is 37.5 Å². The second-order valence-corrected chi connectivity index (χ2v) is 6.10. The lowest BCUT2D eigenvalue weighted by Crippen LogP contribution is -1.99. The number of rotatable bonds is 8. The predicted octanol–water partition coefficient (Wildman–Crippen LogP) is 4.77. The van der Waals surface area contributed by atoms with Gasteiger partial charge in [-0.25, -0.2) is 4.98 Å². The number of hydrogen-bond acceptors (Lipinski definition) is 5. The Morgan fingerprint density at radius 2 is 2.18 bits per heavy atom. The van der Waals surface area contributed by atoms with Crippen molar-refractivity contribution in [1.29, 1.82) is 0 Å². The van der Waals surface area contributed by atoms with E-state index in [1.807, 2.05) is 24.4 Å². The predicted molar refractivity (Wildman–Crippen MR) is 94.3 cm³/mol. The highest BCUT2D eigenvalue weighted by molar-refractivity contribution is 7.13. The Kier molecular flexibility index (Phi) is 6.40. The summed E-state index contributed by atoms with van der Waals surface area (Å²) < 4.78 is 5.86. The third kappa shape index (κ3) is 5.15. The van der Waals surface area contributed by atoms with Crippen LogP contribution in [0.5, 0.6) is 5.75 Å². The van der Waals surface area contributed by atoms with Crippen LogP contribution < -0.4 is 10.2 Å². The molecule has 2 rings (SSSR count). The van der Waals surface area contributed by atoms with Gasteiger partial charge in [0.1, 0.15) is 5.75 Å². The molecule has 22 heavy (non-hydrogen) atoms. The van der Waals surface area contributed by atoms with Gasteiger partial charge in [0.25, 0.3) is 0 Å². The second kappa shape index (κ2) is 8.54. The molecule has 0 unspecified atom stereocenters. The van der Waals surface area contributed by atoms with Crippen LogP contribution in [0.4, 0.5) is 5.13 Å². The van der Waals surface area contributed by atoms with Gasteiger partial charge in [-0.3, -0.25) is 5.43 Å². The molecule has 0 spiro atoms. The Bertz CT molecular complexity index is 622. The van der Waals surface area contributed by atoms with Crippen LogP contribution in [0.25, 0.3) is 0 Å². The van der Waals surface area contributed by atoms with Gasteiger partial charge in [-0.2, -0.15) is 5.10 Å². The van der Waals surface area contributed by atoms with Gasteiger partial charge in [0, 0.05) is 5.38 Å². The van der Waals surface area contributed by atoms with Crippen LogP contribution in [0, 0.1) is 13.8 Å². The molecule has 1 aromatic heterocycles. The lowest BCUT2D eigenvalue weighted by Gasteiger charge is -2.09. The number of nitrogens with zero attached hydrogens (tertiary/aromatic N) is 2. The zero-order valence-electron chi connectivity index (χ0n) is 13.4. The van der Waals surface area contributed by atoms with Gasteiger partial charge in [0.2, 0.25) is 5.13 Å². The van der Waals surface area contributed by atoms with Crippen LogP contribution >= 0.6 is 11.3 Å². The standard InChI is InChI=1S/C17H23N3OS/c1-4-5-6-9-21-16-10-15(8-7-13(16)2)11-18-20-17-19-14(3)12-22-17/h7-8,10-12H,4-6,9H2,1-3H3,(H,19,20). The number of hydrazone groups is 1. The molecule has 0 fully saturated rings. The first-order valence-electron chi connectivity index (χ1n) is 7.63. The maximum Gasteiger partial charge on any atom is 0.203 e. The molecule has 118 valence electrons. The van der Waals surface area contributed by atoms with Crippen molar-refractivity contribution in [2.75, 3.05) is 12.0 Å². The van der Waals surface area contributed by atoms with E-state index in [-0.39, 0.29) is 0 Å². The molecule has 0 amide bonds. The van der Waals surface area contributed by atoms with Gasteiger partial charge < -0.3 is 4.74 Å². The van der Waals surface area contributed by atoms with Crippen molar-refractivity contribution >= 4 is 22.7 Å². The van der Waals surface area contributed by atoms with Gasteiger partial charge in [0.05, 0.1) is 18.5 Å². The molecule has 0 radical (unpaired) electrons. The molecule has 5 heteroatoms. The molecule has 0 aliphatic heterocycles. The summed E-state index contributed by atoms with van der Waals surface area (Å²) in [7, 11) is 0. The summed E-state index contributed by atoms with van der Waals surface area (Å²) in [5.41, 5.74) is 6.11. The minimum atomic E-state index is 0.770. The van der Waals surface area contributed by atoms with Crippen LogP contribution in [0.15, 0.2) is 28.7 Å². The Hall–Kier alpha value is -1.88. The molecule has 0 saturated heterocycles. The average molecular weight is 317 g/mol. The van der Waals surface area contributed by atoms with E-state index in [0.717, 1.165) is 40.7 Å². The summed E-state index contributed by atoms with van der Waals surface area (Å²) in [5.74, 6) is 0.935. The highest BCUT2D eigenvalue weighted by Crippen LogP contribution is 2.19. The Balaban J connectivity index is 1.93. The molecule has 0 atom stereocenters. The lowest BCUT2D eigenvalue weighted by atomic mass is 10.1. The van der Waals surface area contributed by atoms with Crippen LogP contribution in [0.2, 0.25) is 0 Å². The number of hydrogen-bond donors (Lipinski definition) is 1. The van der Waals surface area contributed by atoms with E-state index in [1.54, 1.807) is 17.6 Å². The number of aryl methyl sites for hydroxylation is 2. The summed E-state index contributed by atoms with van der Waals surface area (Å²) in [6.07, 6.45) is 5.29. The summed E-state index contributed by atoms with van der Waals surface area (Å²) in [5, 5.41) is 7.02. The fraction of sp³-hybridized carbons (Fsp3) is 0.412. The molecule has 2 aromatic rings. The van der Waals surface area contributed by atoms with Crippen LogP contribution in [0.1, 0.15) is 43.0 Å². The number of unbranched alkanes of at least 4 members (excludes halogenated alkanes) is 2. The van der Waals surface area contributed by atoms with Crippen molar-refractivity contribution in [3.8, 4) is 5.75 Å². The fourth-order valence-electron chi connectivity index (χ4n) is 1.95. The highest BCUT2D eigenvalue weighted by atomic mass is 32.1. The van der Waals surface area contributed by atoms with E-state index in [9.17, 15) is 0 Å². The third-order valence-corrected chi connectivity index (χ3v) is 4.08. The zero-order valence-corrected chi connectivity index (χ0v) is 14.2. The Morgan fingerprint density at radius 3 is 2.91 bits per heavy atom. The number of anilines is 1. The first-order valence-corrected chi connectivity index (χ1v) is 8.51. The van der Waals surface area contributed by atoms with Gasteiger partial charge in [-0.15, -0.1) is 11.3 Å². The number of thiazole rings is 1. The number of nitrogens with one attached hydrogen (secondary N) is 1. The maximum absolute atomic E-state index is 5.86. The Labute approximate surface area is 136 Å². The van der Waals surface area contributed by atoms with Crippen molar-refractivity contribution < 1.29 is 4.74 Å². The van der Waals surface area contributed by atoms with Crippen LogP contribution in [-0.4, -0.2) is 17.8 Å². The van der Waals surface area contributed by atoms with E-state index in [4.69, 9.17) is 4.74 Å². The zero-order chi connectivity index (χ0) is 15.8. The summed E-state index contributed by atoms with van der Waals surface area (Å²) in [6.45, 7) is 6.99. The summed E-state index contributed by atoms with van der Waals surface area (Å²) in [4.78, 5) is 4.30. The molecule has 0 aliphatic rings. The van der Waals surface area contributed by atoms with E-state index in [2.05, 4.69) is 35.4 Å². The minimum absolute atomic E-state index is 0.770. The van der Waals surface area contributed by atoms with Gasteiger partial charge in [-0.1, -0.05) is 31.9 Å². The first-order chi connectivity index (χ1) is 10.7. The molecule has 0 bridgehead atoms. The topological polar surface area (TPSA) is 46.5 Å². The summed E-state index contributed by atoms with van der Waals surface area (Å²) >= 11 is 1.55. The van der Waals surface area contributed by atoms with Crippen molar-refractivity contribution in [2.45, 2.75) is 40.0 Å². The van der Waals surface area contributed by atoms with Crippen LogP contribution in [0.3, 0.4) is 0 Å². The van der Waals surface area contributed by atoms with E-state index in [1.165, 1.54) is 12.8 Å². The monoisotopic (exact) mass is 317 g/mol. The number of ether oxygens (including phenoxy) is 1. The molecule has 0 saturated carbocycles. The molecule has 1 heterocycles. The average Bonchev–Trinajstić information content (AvgIpc) is 2.92. The van der Waals surface area contributed by atoms with Crippen molar-refractivity contribution in [3.63, 3.8) is 0 Å². The number of aromatic nitrogens is 1. The first kappa shape index (κ1) is 16.5. The molecule has 4 nitrogen and oxygen atoms in total. The second-order valence-electron chi connectivity index (χ2n) is 5.24. The van der Waals surface area contributed by atoms with E-state index in [0.29, 0.717) is 0 Å². The quantitative estimate of drug-likeness (QED) is 0.433. The molecular weight excluding hydrogens is 294 g/mol.